The Morgan fingerprint density at radius 2 is 1.70 bits per heavy atom. The van der Waals surface area contributed by atoms with Crippen molar-refractivity contribution in [2.24, 2.45) is 0 Å². The van der Waals surface area contributed by atoms with E-state index in [4.69, 9.17) is 0 Å². The van der Waals surface area contributed by atoms with Gasteiger partial charge in [-0.05, 0) is 62.4 Å². The van der Waals surface area contributed by atoms with E-state index in [2.05, 4.69) is 24.4 Å². The van der Waals surface area contributed by atoms with E-state index in [-0.39, 0.29) is 17.4 Å². The summed E-state index contributed by atoms with van der Waals surface area (Å²) < 4.78 is 15.2. The van der Waals surface area contributed by atoms with E-state index in [1.165, 1.54) is 17.7 Å². The van der Waals surface area contributed by atoms with E-state index >= 15 is 0 Å². The highest BCUT2D eigenvalue weighted by Crippen LogP contribution is 2.24. The third-order valence-electron chi connectivity index (χ3n) is 5.70. The molecule has 0 saturated heterocycles. The molecule has 0 bridgehead atoms. The van der Waals surface area contributed by atoms with Gasteiger partial charge in [0.2, 0.25) is 0 Å². The smallest absolute Gasteiger partial charge is 0.123 e. The Balaban J connectivity index is 1.73. The van der Waals surface area contributed by atoms with Gasteiger partial charge in [-0.25, -0.2) is 4.39 Å². The molecule has 4 nitrogen and oxygen atoms in total. The number of benzene rings is 2. The van der Waals surface area contributed by atoms with Crippen molar-refractivity contribution in [1.29, 1.82) is 0 Å². The number of hydrogen-bond acceptors (Lipinski definition) is 3. The number of nitrogens with one attached hydrogen (secondary N) is 1. The first-order valence-electron chi connectivity index (χ1n) is 10.3. The fourth-order valence-corrected chi connectivity index (χ4v) is 3.85. The molecule has 0 amide bonds. The van der Waals surface area contributed by atoms with Crippen molar-refractivity contribution < 1.29 is 14.3 Å². The van der Waals surface area contributed by atoms with Gasteiger partial charge >= 0.3 is 0 Å². The largest absolute Gasteiger partial charge is 0.545 e. The molecule has 3 aromatic rings. The Kier molecular flexibility index (Phi) is 7.06. The van der Waals surface area contributed by atoms with Gasteiger partial charge in [0.25, 0.3) is 0 Å². The number of carbonyl (C=O) groups is 1. The number of aromatic carboxylic acids is 1. The Morgan fingerprint density at radius 3 is 2.33 bits per heavy atom. The van der Waals surface area contributed by atoms with Crippen LogP contribution in [0.15, 0.2) is 54.6 Å². The molecule has 1 unspecified atom stereocenters. The van der Waals surface area contributed by atoms with Crippen molar-refractivity contribution >= 4 is 5.97 Å². The van der Waals surface area contributed by atoms with Crippen LogP contribution in [0.5, 0.6) is 0 Å². The van der Waals surface area contributed by atoms with Gasteiger partial charge < -0.3 is 19.8 Å². The van der Waals surface area contributed by atoms with Crippen LogP contribution >= 0.6 is 0 Å². The SMILES string of the molecule is Cc1c(CNC(C)CCc2ccccc2)c(C(=O)[O-])c(C)n1Cc1ccc(F)cc1. The lowest BCUT2D eigenvalue weighted by molar-refractivity contribution is -0.255. The number of carbonyl (C=O) groups excluding carboxylic acids is 1. The first-order chi connectivity index (χ1) is 14.4. The zero-order valence-electron chi connectivity index (χ0n) is 17.7. The number of carboxylic acids is 1. The van der Waals surface area contributed by atoms with E-state index in [1.54, 1.807) is 19.1 Å². The topological polar surface area (TPSA) is 57.1 Å². The highest BCUT2D eigenvalue weighted by molar-refractivity contribution is 5.89. The molecule has 5 heteroatoms. The van der Waals surface area contributed by atoms with Crippen molar-refractivity contribution in [1.82, 2.24) is 9.88 Å². The maximum atomic E-state index is 13.2. The summed E-state index contributed by atoms with van der Waals surface area (Å²) in [5, 5.41) is 15.3. The van der Waals surface area contributed by atoms with Crippen LogP contribution in [0.2, 0.25) is 0 Å². The molecule has 0 spiro atoms. The summed E-state index contributed by atoms with van der Waals surface area (Å²) in [6, 6.07) is 16.8. The Labute approximate surface area is 177 Å². The van der Waals surface area contributed by atoms with E-state index in [0.717, 1.165) is 29.7 Å². The van der Waals surface area contributed by atoms with Gasteiger partial charge in [0.05, 0.1) is 5.97 Å². The number of aromatic nitrogens is 1. The van der Waals surface area contributed by atoms with Crippen LogP contribution in [0, 0.1) is 19.7 Å². The number of aryl methyl sites for hydroxylation is 1. The molecular weight excluding hydrogens is 379 g/mol. The normalized spacial score (nSPS) is 12.1. The fraction of sp³-hybridized carbons (Fsp3) is 0.320. The number of carboxylic acid groups (broad SMARTS) is 1. The molecule has 1 heterocycles. The monoisotopic (exact) mass is 407 g/mol. The first kappa shape index (κ1) is 21.8. The van der Waals surface area contributed by atoms with Crippen LogP contribution in [0.4, 0.5) is 4.39 Å². The molecule has 1 aromatic heterocycles. The van der Waals surface area contributed by atoms with Crippen LogP contribution in [0.3, 0.4) is 0 Å². The molecule has 0 aliphatic carbocycles. The van der Waals surface area contributed by atoms with Crippen molar-refractivity contribution in [2.45, 2.75) is 52.7 Å². The Hall–Kier alpha value is -2.92. The number of halogens is 1. The lowest BCUT2D eigenvalue weighted by atomic mass is 10.1. The molecular formula is C25H28FN2O2-. The minimum atomic E-state index is -1.16. The molecule has 0 saturated carbocycles. The number of rotatable bonds is 9. The quantitative estimate of drug-likeness (QED) is 0.588. The first-order valence-corrected chi connectivity index (χ1v) is 10.3. The zero-order valence-corrected chi connectivity index (χ0v) is 17.7. The van der Waals surface area contributed by atoms with E-state index in [0.29, 0.717) is 18.8 Å². The molecule has 0 aliphatic heterocycles. The predicted octanol–water partition coefficient (Wildman–Crippen LogP) is 3.77. The summed E-state index contributed by atoms with van der Waals surface area (Å²) in [5.74, 6) is -1.45. The van der Waals surface area contributed by atoms with Crippen LogP contribution < -0.4 is 10.4 Å². The molecule has 1 N–H and O–H groups in total. The van der Waals surface area contributed by atoms with Gasteiger partial charge in [-0.3, -0.25) is 0 Å². The predicted molar refractivity (Wildman–Crippen MR) is 115 cm³/mol. The van der Waals surface area contributed by atoms with E-state index in [1.807, 2.05) is 29.7 Å². The van der Waals surface area contributed by atoms with Crippen molar-refractivity contribution in [3.8, 4) is 0 Å². The van der Waals surface area contributed by atoms with Gasteiger partial charge in [-0.1, -0.05) is 42.5 Å². The minimum absolute atomic E-state index is 0.236. The molecule has 1 atom stereocenters. The summed E-state index contributed by atoms with van der Waals surface area (Å²) in [7, 11) is 0. The van der Waals surface area contributed by atoms with E-state index in [9.17, 15) is 14.3 Å². The summed E-state index contributed by atoms with van der Waals surface area (Å²) in [5.41, 5.74) is 4.75. The molecule has 0 radical (unpaired) electrons. The third-order valence-corrected chi connectivity index (χ3v) is 5.70. The summed E-state index contributed by atoms with van der Waals surface area (Å²) in [6.45, 7) is 6.78. The van der Waals surface area contributed by atoms with Crippen molar-refractivity contribution in [3.05, 3.63) is 94.1 Å². The lowest BCUT2D eigenvalue weighted by Crippen LogP contribution is -2.29. The second kappa shape index (κ2) is 9.72. The second-order valence-corrected chi connectivity index (χ2v) is 7.83. The molecule has 0 aliphatic rings. The van der Waals surface area contributed by atoms with Crippen molar-refractivity contribution in [3.63, 3.8) is 0 Å². The summed E-state index contributed by atoms with van der Waals surface area (Å²) >= 11 is 0. The Morgan fingerprint density at radius 1 is 1.03 bits per heavy atom. The average molecular weight is 408 g/mol. The van der Waals surface area contributed by atoms with Crippen LogP contribution in [0.25, 0.3) is 0 Å². The van der Waals surface area contributed by atoms with Gasteiger partial charge in [0, 0.05) is 36.1 Å². The second-order valence-electron chi connectivity index (χ2n) is 7.83. The zero-order chi connectivity index (χ0) is 21.7. The highest BCUT2D eigenvalue weighted by atomic mass is 19.1. The maximum Gasteiger partial charge on any atom is 0.123 e. The van der Waals surface area contributed by atoms with Crippen LogP contribution in [-0.2, 0) is 19.5 Å². The number of nitrogens with zero attached hydrogens (tertiary/aromatic N) is 1. The summed E-state index contributed by atoms with van der Waals surface area (Å²) in [4.78, 5) is 11.9. The van der Waals surface area contributed by atoms with Crippen LogP contribution in [0.1, 0.15) is 51.8 Å². The fourth-order valence-electron chi connectivity index (χ4n) is 3.85. The molecule has 3 rings (SSSR count). The molecule has 2 aromatic carbocycles. The van der Waals surface area contributed by atoms with Gasteiger partial charge in [-0.15, -0.1) is 0 Å². The molecule has 158 valence electrons. The summed E-state index contributed by atoms with van der Waals surface area (Å²) in [6.07, 6.45) is 1.92. The van der Waals surface area contributed by atoms with Gasteiger partial charge in [0.1, 0.15) is 5.82 Å². The minimum Gasteiger partial charge on any atom is -0.545 e. The number of hydrogen-bond donors (Lipinski definition) is 1. The Bertz CT molecular complexity index is 994. The third kappa shape index (κ3) is 5.16. The van der Waals surface area contributed by atoms with Gasteiger partial charge in [0.15, 0.2) is 0 Å². The highest BCUT2D eigenvalue weighted by Gasteiger charge is 2.19. The van der Waals surface area contributed by atoms with Crippen molar-refractivity contribution in [2.75, 3.05) is 0 Å². The van der Waals surface area contributed by atoms with E-state index < -0.39 is 5.97 Å². The van der Waals surface area contributed by atoms with Crippen LogP contribution in [-0.4, -0.2) is 16.6 Å². The maximum absolute atomic E-state index is 13.2. The lowest BCUT2D eigenvalue weighted by Gasteiger charge is -2.15. The van der Waals surface area contributed by atoms with Gasteiger partial charge in [-0.2, -0.15) is 0 Å². The standard InChI is InChI=1S/C25H29FN2O2/c1-17(9-10-20-7-5-4-6-8-20)27-15-23-18(2)28(19(3)24(23)25(29)30)16-21-11-13-22(26)14-12-21/h4-8,11-14,17,27H,9-10,15-16H2,1-3H3,(H,29,30)/p-1. The molecule has 30 heavy (non-hydrogen) atoms. The average Bonchev–Trinajstić information content (AvgIpc) is 2.97. The molecule has 0 fully saturated rings.